The molecule has 0 saturated heterocycles. The third-order valence-corrected chi connectivity index (χ3v) is 10.2. The minimum atomic E-state index is 0.912. The first-order valence-corrected chi connectivity index (χ1v) is 17.8. The van der Waals surface area contributed by atoms with Gasteiger partial charge in [0.25, 0.3) is 0 Å². The van der Waals surface area contributed by atoms with Gasteiger partial charge in [0.15, 0.2) is 0 Å². The molecule has 2 nitrogen and oxygen atoms in total. The van der Waals surface area contributed by atoms with Gasteiger partial charge in [0.05, 0.1) is 5.69 Å². The first kappa shape index (κ1) is 30.0. The molecule has 0 aliphatic carbocycles. The lowest BCUT2D eigenvalue weighted by atomic mass is 9.93. The van der Waals surface area contributed by atoms with Crippen molar-refractivity contribution >= 4 is 60.5 Å². The fraction of sp³-hybridized carbons (Fsp3) is 0. The lowest BCUT2D eigenvalue weighted by Gasteiger charge is -2.29. The molecule has 0 unspecified atom stereocenters. The summed E-state index contributed by atoms with van der Waals surface area (Å²) >= 11 is 0. The van der Waals surface area contributed by atoms with E-state index in [1.165, 1.54) is 49.5 Å². The maximum absolute atomic E-state index is 6.29. The van der Waals surface area contributed by atoms with Crippen molar-refractivity contribution in [1.29, 1.82) is 0 Å². The SMILES string of the molecule is c1ccc(-c2ccc(N(c3ccc4ccc5cc6oc7ccccc7c6cc5c4c3)c3ccccc3-c3ccccc3)cc2-c2ccccc2)cc1. The second-order valence-corrected chi connectivity index (χ2v) is 13.3. The number of rotatable bonds is 6. The Morgan fingerprint density at radius 1 is 0.308 bits per heavy atom. The summed E-state index contributed by atoms with van der Waals surface area (Å²) in [5.74, 6) is 0. The minimum absolute atomic E-state index is 0.912. The molecule has 0 aliphatic rings. The zero-order chi connectivity index (χ0) is 34.4. The fourth-order valence-electron chi connectivity index (χ4n) is 7.75. The fourth-order valence-corrected chi connectivity index (χ4v) is 7.75. The standard InChI is InChI=1S/C50H33NO/c1-4-14-34(15-5-1)41-29-28-40(31-44(41)36-18-8-3-9-19-36)51(48-22-12-10-20-42(48)35-16-6-2-7-17-35)39-27-26-37-24-25-38-30-50-47(33-46(38)45(37)32-39)43-21-11-13-23-49(43)52-50/h1-33H. The monoisotopic (exact) mass is 663 g/mol. The van der Waals surface area contributed by atoms with Crippen LogP contribution in [0, 0.1) is 0 Å². The van der Waals surface area contributed by atoms with E-state index in [4.69, 9.17) is 4.42 Å². The Labute approximate surface area is 302 Å². The van der Waals surface area contributed by atoms with Gasteiger partial charge < -0.3 is 9.32 Å². The molecule has 0 spiro atoms. The van der Waals surface area contributed by atoms with Crippen molar-refractivity contribution in [1.82, 2.24) is 0 Å². The summed E-state index contributed by atoms with van der Waals surface area (Å²) in [6.45, 7) is 0. The Morgan fingerprint density at radius 2 is 0.865 bits per heavy atom. The van der Waals surface area contributed by atoms with E-state index in [-0.39, 0.29) is 0 Å². The van der Waals surface area contributed by atoms with Crippen LogP contribution in [0.25, 0.3) is 76.9 Å². The Morgan fingerprint density at radius 3 is 1.63 bits per heavy atom. The second-order valence-electron chi connectivity index (χ2n) is 13.3. The topological polar surface area (TPSA) is 16.4 Å². The molecule has 244 valence electrons. The van der Waals surface area contributed by atoms with Crippen LogP contribution in [0.1, 0.15) is 0 Å². The average Bonchev–Trinajstić information content (AvgIpc) is 3.59. The third-order valence-electron chi connectivity index (χ3n) is 10.2. The van der Waals surface area contributed by atoms with Gasteiger partial charge in [-0.25, -0.2) is 0 Å². The largest absolute Gasteiger partial charge is 0.456 e. The van der Waals surface area contributed by atoms with Crippen LogP contribution in [0.2, 0.25) is 0 Å². The molecule has 0 saturated carbocycles. The van der Waals surface area contributed by atoms with Crippen LogP contribution < -0.4 is 4.90 Å². The van der Waals surface area contributed by atoms with Gasteiger partial charge in [-0.2, -0.15) is 0 Å². The van der Waals surface area contributed by atoms with Crippen LogP contribution in [0.15, 0.2) is 205 Å². The van der Waals surface area contributed by atoms with E-state index in [1.807, 2.05) is 12.1 Å². The van der Waals surface area contributed by atoms with Crippen molar-refractivity contribution in [3.8, 4) is 33.4 Å². The second kappa shape index (κ2) is 12.5. The number of hydrogen-bond acceptors (Lipinski definition) is 2. The highest BCUT2D eigenvalue weighted by molar-refractivity contribution is 6.17. The zero-order valence-electron chi connectivity index (χ0n) is 28.4. The third kappa shape index (κ3) is 5.12. The summed E-state index contributed by atoms with van der Waals surface area (Å²) in [6.07, 6.45) is 0. The Balaban J connectivity index is 1.24. The van der Waals surface area contributed by atoms with Crippen LogP contribution >= 0.6 is 0 Å². The maximum atomic E-state index is 6.29. The van der Waals surface area contributed by atoms with E-state index in [1.54, 1.807) is 0 Å². The summed E-state index contributed by atoms with van der Waals surface area (Å²) in [6, 6.07) is 71.9. The number of fused-ring (bicyclic) bond motifs is 6. The number of benzene rings is 9. The first-order chi connectivity index (χ1) is 25.8. The summed E-state index contributed by atoms with van der Waals surface area (Å²) < 4.78 is 6.29. The highest BCUT2D eigenvalue weighted by Crippen LogP contribution is 2.45. The van der Waals surface area contributed by atoms with Crippen LogP contribution in [0.5, 0.6) is 0 Å². The van der Waals surface area contributed by atoms with Crippen LogP contribution in [0.4, 0.5) is 17.1 Å². The normalized spacial score (nSPS) is 11.5. The summed E-state index contributed by atoms with van der Waals surface area (Å²) in [5, 5.41) is 7.04. The predicted molar refractivity (Wildman–Crippen MR) is 220 cm³/mol. The molecule has 9 aromatic carbocycles. The van der Waals surface area contributed by atoms with Gasteiger partial charge in [-0.3, -0.25) is 0 Å². The van der Waals surface area contributed by atoms with Crippen molar-refractivity contribution in [3.05, 3.63) is 200 Å². The molecule has 0 N–H and O–H groups in total. The molecule has 52 heavy (non-hydrogen) atoms. The van der Waals surface area contributed by atoms with Crippen molar-refractivity contribution in [2.45, 2.75) is 0 Å². The van der Waals surface area contributed by atoms with Gasteiger partial charge in [-0.15, -0.1) is 0 Å². The predicted octanol–water partition coefficient (Wildman–Crippen LogP) is 14.4. The van der Waals surface area contributed by atoms with Crippen LogP contribution in [0.3, 0.4) is 0 Å². The first-order valence-electron chi connectivity index (χ1n) is 17.8. The van der Waals surface area contributed by atoms with E-state index in [0.717, 1.165) is 44.4 Å². The zero-order valence-corrected chi connectivity index (χ0v) is 28.4. The lowest BCUT2D eigenvalue weighted by molar-refractivity contribution is 0.669. The number of para-hydroxylation sites is 2. The van der Waals surface area contributed by atoms with Gasteiger partial charge in [0.2, 0.25) is 0 Å². The van der Waals surface area contributed by atoms with Gasteiger partial charge in [0, 0.05) is 27.7 Å². The molecule has 2 heteroatoms. The Bertz CT molecular complexity index is 2890. The van der Waals surface area contributed by atoms with E-state index >= 15 is 0 Å². The van der Waals surface area contributed by atoms with Crippen molar-refractivity contribution in [3.63, 3.8) is 0 Å². The minimum Gasteiger partial charge on any atom is -0.456 e. The molecule has 1 aromatic heterocycles. The molecule has 0 bridgehead atoms. The highest BCUT2D eigenvalue weighted by atomic mass is 16.3. The molecule has 1 heterocycles. The Hall–Kier alpha value is -6.90. The van der Waals surface area contributed by atoms with E-state index < -0.39 is 0 Å². The summed E-state index contributed by atoms with van der Waals surface area (Å²) in [7, 11) is 0. The molecule has 10 aromatic rings. The molecule has 0 aliphatic heterocycles. The van der Waals surface area contributed by atoms with Crippen molar-refractivity contribution in [2.75, 3.05) is 4.90 Å². The molecular formula is C50H33NO. The quantitative estimate of drug-likeness (QED) is 0.165. The van der Waals surface area contributed by atoms with Gasteiger partial charge in [-0.1, -0.05) is 152 Å². The number of hydrogen-bond donors (Lipinski definition) is 0. The van der Waals surface area contributed by atoms with Crippen molar-refractivity contribution in [2.24, 2.45) is 0 Å². The number of nitrogens with zero attached hydrogens (tertiary/aromatic N) is 1. The molecule has 0 atom stereocenters. The number of furan rings is 1. The maximum Gasteiger partial charge on any atom is 0.136 e. The van der Waals surface area contributed by atoms with Crippen molar-refractivity contribution < 1.29 is 4.42 Å². The smallest absolute Gasteiger partial charge is 0.136 e. The molecular weight excluding hydrogens is 631 g/mol. The molecule has 0 radical (unpaired) electrons. The van der Waals surface area contributed by atoms with E-state index in [0.29, 0.717) is 0 Å². The molecule has 10 rings (SSSR count). The lowest BCUT2D eigenvalue weighted by Crippen LogP contribution is -2.11. The van der Waals surface area contributed by atoms with Gasteiger partial charge in [0.1, 0.15) is 11.2 Å². The summed E-state index contributed by atoms with van der Waals surface area (Å²) in [5.41, 5.74) is 12.2. The van der Waals surface area contributed by atoms with E-state index in [9.17, 15) is 0 Å². The molecule has 0 fully saturated rings. The van der Waals surface area contributed by atoms with Gasteiger partial charge >= 0.3 is 0 Å². The highest BCUT2D eigenvalue weighted by Gasteiger charge is 2.20. The van der Waals surface area contributed by atoms with Crippen LogP contribution in [-0.2, 0) is 0 Å². The van der Waals surface area contributed by atoms with E-state index in [2.05, 4.69) is 193 Å². The summed E-state index contributed by atoms with van der Waals surface area (Å²) in [4.78, 5) is 2.42. The average molecular weight is 664 g/mol. The van der Waals surface area contributed by atoms with Crippen LogP contribution in [-0.4, -0.2) is 0 Å². The number of anilines is 3. The van der Waals surface area contributed by atoms with Gasteiger partial charge in [-0.05, 0) is 97.9 Å². The Kier molecular flexibility index (Phi) is 7.18. The molecule has 0 amide bonds.